The van der Waals surface area contributed by atoms with Gasteiger partial charge >= 0.3 is 0 Å². The molecule has 14 heavy (non-hydrogen) atoms. The lowest BCUT2D eigenvalue weighted by Gasteiger charge is -2.27. The SMILES string of the molecule is O=CCCc1ccccc1C1CCC1. The van der Waals surface area contributed by atoms with E-state index in [0.717, 1.165) is 18.6 Å². The maximum atomic E-state index is 10.3. The van der Waals surface area contributed by atoms with Crippen molar-refractivity contribution in [3.05, 3.63) is 35.4 Å². The first-order valence-corrected chi connectivity index (χ1v) is 5.43. The van der Waals surface area contributed by atoms with Crippen molar-refractivity contribution in [2.75, 3.05) is 0 Å². The molecule has 0 spiro atoms. The third kappa shape index (κ3) is 1.87. The van der Waals surface area contributed by atoms with Gasteiger partial charge in [-0.05, 0) is 36.3 Å². The zero-order valence-electron chi connectivity index (χ0n) is 8.41. The fraction of sp³-hybridized carbons (Fsp3) is 0.462. The van der Waals surface area contributed by atoms with Gasteiger partial charge in [-0.25, -0.2) is 0 Å². The van der Waals surface area contributed by atoms with Crippen LogP contribution in [-0.2, 0) is 11.2 Å². The standard InChI is InChI=1S/C13H16O/c14-10-4-8-11-5-1-2-9-13(11)12-6-3-7-12/h1-2,5,9-10,12H,3-4,6-8H2. The highest BCUT2D eigenvalue weighted by Crippen LogP contribution is 2.38. The predicted molar refractivity (Wildman–Crippen MR) is 57.4 cm³/mol. The number of aryl methyl sites for hydroxylation is 1. The van der Waals surface area contributed by atoms with Gasteiger partial charge in [0.1, 0.15) is 6.29 Å². The summed E-state index contributed by atoms with van der Waals surface area (Å²) < 4.78 is 0. The highest BCUT2D eigenvalue weighted by atomic mass is 16.1. The molecule has 74 valence electrons. The maximum Gasteiger partial charge on any atom is 0.120 e. The van der Waals surface area contributed by atoms with Crippen LogP contribution in [-0.4, -0.2) is 6.29 Å². The second kappa shape index (κ2) is 4.41. The number of benzene rings is 1. The van der Waals surface area contributed by atoms with Gasteiger partial charge in [0.25, 0.3) is 0 Å². The summed E-state index contributed by atoms with van der Waals surface area (Å²) in [5.41, 5.74) is 2.87. The normalized spacial score (nSPS) is 16.3. The quantitative estimate of drug-likeness (QED) is 0.663. The second-order valence-corrected chi connectivity index (χ2v) is 4.03. The van der Waals surface area contributed by atoms with Crippen LogP contribution in [0, 0.1) is 0 Å². The topological polar surface area (TPSA) is 17.1 Å². The van der Waals surface area contributed by atoms with E-state index in [1.165, 1.54) is 30.4 Å². The van der Waals surface area contributed by atoms with Crippen LogP contribution < -0.4 is 0 Å². The molecule has 0 saturated heterocycles. The molecule has 1 saturated carbocycles. The van der Waals surface area contributed by atoms with Gasteiger partial charge in [0.05, 0.1) is 0 Å². The van der Waals surface area contributed by atoms with E-state index in [-0.39, 0.29) is 0 Å². The average molecular weight is 188 g/mol. The first-order chi connectivity index (χ1) is 6.92. The Morgan fingerprint density at radius 1 is 1.29 bits per heavy atom. The van der Waals surface area contributed by atoms with E-state index < -0.39 is 0 Å². The van der Waals surface area contributed by atoms with E-state index in [0.29, 0.717) is 6.42 Å². The molecule has 1 nitrogen and oxygen atoms in total. The van der Waals surface area contributed by atoms with Gasteiger partial charge in [-0.2, -0.15) is 0 Å². The monoisotopic (exact) mass is 188 g/mol. The minimum absolute atomic E-state index is 0.656. The molecule has 1 aliphatic rings. The van der Waals surface area contributed by atoms with Crippen LogP contribution >= 0.6 is 0 Å². The van der Waals surface area contributed by atoms with Crippen LogP contribution in [0.2, 0.25) is 0 Å². The van der Waals surface area contributed by atoms with Gasteiger partial charge < -0.3 is 4.79 Å². The number of hydrogen-bond donors (Lipinski definition) is 0. The summed E-state index contributed by atoms with van der Waals surface area (Å²) in [5, 5.41) is 0. The lowest BCUT2D eigenvalue weighted by molar-refractivity contribution is -0.107. The number of rotatable bonds is 4. The van der Waals surface area contributed by atoms with Crippen LogP contribution in [0.3, 0.4) is 0 Å². The van der Waals surface area contributed by atoms with E-state index in [1.807, 2.05) is 0 Å². The van der Waals surface area contributed by atoms with Gasteiger partial charge in [-0.15, -0.1) is 0 Å². The Bertz CT molecular complexity index is 313. The summed E-state index contributed by atoms with van der Waals surface area (Å²) in [4.78, 5) is 10.3. The molecule has 1 heteroatoms. The van der Waals surface area contributed by atoms with Crippen molar-refractivity contribution < 1.29 is 4.79 Å². The van der Waals surface area contributed by atoms with Crippen LogP contribution in [0.15, 0.2) is 24.3 Å². The molecule has 0 atom stereocenters. The lowest BCUT2D eigenvalue weighted by Crippen LogP contribution is -2.11. The molecule has 0 bridgehead atoms. The lowest BCUT2D eigenvalue weighted by atomic mass is 9.77. The van der Waals surface area contributed by atoms with Crippen molar-refractivity contribution in [2.45, 2.75) is 38.0 Å². The molecule has 1 aromatic rings. The Balaban J connectivity index is 2.14. The van der Waals surface area contributed by atoms with Crippen LogP contribution in [0.4, 0.5) is 0 Å². The molecule has 1 aromatic carbocycles. The van der Waals surface area contributed by atoms with Gasteiger partial charge in [0.15, 0.2) is 0 Å². The summed E-state index contributed by atoms with van der Waals surface area (Å²) in [5.74, 6) is 0.776. The van der Waals surface area contributed by atoms with Crippen LogP contribution in [0.5, 0.6) is 0 Å². The molecule has 0 aromatic heterocycles. The molecule has 0 N–H and O–H groups in total. The minimum Gasteiger partial charge on any atom is -0.303 e. The van der Waals surface area contributed by atoms with Crippen molar-refractivity contribution in [2.24, 2.45) is 0 Å². The van der Waals surface area contributed by atoms with E-state index in [2.05, 4.69) is 24.3 Å². The van der Waals surface area contributed by atoms with E-state index in [4.69, 9.17) is 0 Å². The molecular formula is C13H16O. The molecule has 0 radical (unpaired) electrons. The third-order valence-electron chi connectivity index (χ3n) is 3.13. The van der Waals surface area contributed by atoms with Gasteiger partial charge in [-0.3, -0.25) is 0 Å². The minimum atomic E-state index is 0.656. The predicted octanol–water partition coefficient (Wildman–Crippen LogP) is 3.09. The summed E-state index contributed by atoms with van der Waals surface area (Å²) >= 11 is 0. The second-order valence-electron chi connectivity index (χ2n) is 4.03. The van der Waals surface area contributed by atoms with Crippen LogP contribution in [0.1, 0.15) is 42.7 Å². The largest absolute Gasteiger partial charge is 0.303 e. The molecule has 0 aliphatic heterocycles. The van der Waals surface area contributed by atoms with Gasteiger partial charge in [0.2, 0.25) is 0 Å². The van der Waals surface area contributed by atoms with Crippen molar-refractivity contribution in [1.82, 2.24) is 0 Å². The van der Waals surface area contributed by atoms with E-state index >= 15 is 0 Å². The van der Waals surface area contributed by atoms with Crippen molar-refractivity contribution >= 4 is 6.29 Å². The summed E-state index contributed by atoms with van der Waals surface area (Å²) in [6.45, 7) is 0. The molecule has 0 heterocycles. The Labute approximate surface area is 85.1 Å². The van der Waals surface area contributed by atoms with Crippen molar-refractivity contribution in [3.8, 4) is 0 Å². The molecule has 1 fully saturated rings. The first kappa shape index (κ1) is 9.45. The highest BCUT2D eigenvalue weighted by molar-refractivity contribution is 5.50. The van der Waals surface area contributed by atoms with Gasteiger partial charge in [0, 0.05) is 6.42 Å². The molecule has 1 aliphatic carbocycles. The fourth-order valence-corrected chi connectivity index (χ4v) is 2.09. The molecule has 0 amide bonds. The summed E-state index contributed by atoms with van der Waals surface area (Å²) in [7, 11) is 0. The zero-order chi connectivity index (χ0) is 9.80. The molecule has 2 rings (SSSR count). The number of carbonyl (C=O) groups excluding carboxylic acids is 1. The summed E-state index contributed by atoms with van der Waals surface area (Å²) in [6.07, 6.45) is 6.61. The van der Waals surface area contributed by atoms with E-state index in [9.17, 15) is 4.79 Å². The average Bonchev–Trinajstić information content (AvgIpc) is 2.14. The Hall–Kier alpha value is -1.11. The number of aldehydes is 1. The fourth-order valence-electron chi connectivity index (χ4n) is 2.09. The smallest absolute Gasteiger partial charge is 0.120 e. The maximum absolute atomic E-state index is 10.3. The zero-order valence-corrected chi connectivity index (χ0v) is 8.41. The summed E-state index contributed by atoms with van der Waals surface area (Å²) in [6, 6.07) is 8.57. The number of hydrogen-bond acceptors (Lipinski definition) is 1. The van der Waals surface area contributed by atoms with Crippen molar-refractivity contribution in [1.29, 1.82) is 0 Å². The molecule has 0 unspecified atom stereocenters. The van der Waals surface area contributed by atoms with E-state index in [1.54, 1.807) is 0 Å². The molecular weight excluding hydrogens is 172 g/mol. The Morgan fingerprint density at radius 2 is 2.07 bits per heavy atom. The Kier molecular flexibility index (Phi) is 2.97. The van der Waals surface area contributed by atoms with Gasteiger partial charge in [-0.1, -0.05) is 30.7 Å². The third-order valence-corrected chi connectivity index (χ3v) is 3.13. The highest BCUT2D eigenvalue weighted by Gasteiger charge is 2.21. The first-order valence-electron chi connectivity index (χ1n) is 5.43. The Morgan fingerprint density at radius 3 is 2.71 bits per heavy atom. The van der Waals surface area contributed by atoms with Crippen molar-refractivity contribution in [3.63, 3.8) is 0 Å². The van der Waals surface area contributed by atoms with Crippen LogP contribution in [0.25, 0.3) is 0 Å². The number of carbonyl (C=O) groups is 1.